The number of ether oxygens (including phenoxy) is 2. The first-order valence-corrected chi connectivity index (χ1v) is 11.4. The summed E-state index contributed by atoms with van der Waals surface area (Å²) in [5.74, 6) is 0.305. The Morgan fingerprint density at radius 1 is 1.12 bits per heavy atom. The summed E-state index contributed by atoms with van der Waals surface area (Å²) in [6.45, 7) is 7.59. The smallest absolute Gasteiger partial charge is 0.410 e. The number of carbonyl (C=O) groups is 2. The fourth-order valence-electron chi connectivity index (χ4n) is 4.02. The lowest BCUT2D eigenvalue weighted by molar-refractivity contribution is -0.120. The summed E-state index contributed by atoms with van der Waals surface area (Å²) in [5.41, 5.74) is 2.27. The van der Waals surface area contributed by atoms with Gasteiger partial charge in [0.1, 0.15) is 19.3 Å². The number of aliphatic imine (C=N–C) groups is 1. The number of benzene rings is 2. The summed E-state index contributed by atoms with van der Waals surface area (Å²) in [6, 6.07) is 16.5. The minimum absolute atomic E-state index is 0.00952. The standard InChI is InChI=1S/C26H31N3O4/c1-26(2,3)22-17-32-24(28-22)19-12-7-8-13-20(19)27-23(30)21-14-9-15-29(21)25(31)33-16-18-10-5-4-6-11-18/h4-8,10-13,21-22H,9,14-17H2,1-3H3,(H,27,30)/t21-,22-/m1/s1. The maximum Gasteiger partial charge on any atom is 0.410 e. The number of rotatable bonds is 5. The van der Waals surface area contributed by atoms with Gasteiger partial charge in [-0.05, 0) is 36.0 Å². The van der Waals surface area contributed by atoms with Crippen LogP contribution in [-0.2, 0) is 20.9 Å². The van der Waals surface area contributed by atoms with E-state index in [0.29, 0.717) is 31.2 Å². The molecule has 33 heavy (non-hydrogen) atoms. The first-order valence-electron chi connectivity index (χ1n) is 11.4. The van der Waals surface area contributed by atoms with Gasteiger partial charge in [0.2, 0.25) is 11.8 Å². The van der Waals surface area contributed by atoms with E-state index in [4.69, 9.17) is 14.5 Å². The van der Waals surface area contributed by atoms with Crippen LogP contribution in [0.2, 0.25) is 0 Å². The molecule has 2 heterocycles. The Balaban J connectivity index is 1.43. The molecule has 2 aromatic carbocycles. The van der Waals surface area contributed by atoms with Crippen molar-refractivity contribution in [2.45, 2.75) is 52.3 Å². The fourth-order valence-corrected chi connectivity index (χ4v) is 4.02. The fraction of sp³-hybridized carbons (Fsp3) is 0.423. The summed E-state index contributed by atoms with van der Waals surface area (Å²) < 4.78 is 11.3. The van der Waals surface area contributed by atoms with Crippen molar-refractivity contribution >= 4 is 23.6 Å². The van der Waals surface area contributed by atoms with Crippen LogP contribution < -0.4 is 5.32 Å². The van der Waals surface area contributed by atoms with E-state index in [1.165, 1.54) is 4.90 Å². The molecule has 4 rings (SSSR count). The Labute approximate surface area is 194 Å². The van der Waals surface area contributed by atoms with Crippen molar-refractivity contribution in [3.8, 4) is 0 Å². The number of amides is 2. The lowest BCUT2D eigenvalue weighted by Gasteiger charge is -2.23. The van der Waals surface area contributed by atoms with E-state index in [0.717, 1.165) is 17.5 Å². The van der Waals surface area contributed by atoms with Crippen molar-refractivity contribution in [3.05, 3.63) is 65.7 Å². The molecule has 0 unspecified atom stereocenters. The maximum absolute atomic E-state index is 13.2. The average Bonchev–Trinajstić information content (AvgIpc) is 3.48. The normalized spacial score (nSPS) is 20.2. The monoisotopic (exact) mass is 449 g/mol. The number of para-hydroxylation sites is 1. The van der Waals surface area contributed by atoms with Gasteiger partial charge in [-0.3, -0.25) is 9.69 Å². The molecule has 7 nitrogen and oxygen atoms in total. The number of likely N-dealkylation sites (tertiary alicyclic amines) is 1. The molecule has 2 aromatic rings. The highest BCUT2D eigenvalue weighted by Crippen LogP contribution is 2.29. The molecule has 0 aliphatic carbocycles. The minimum Gasteiger partial charge on any atom is -0.475 e. The SMILES string of the molecule is CC(C)(C)[C@H]1COC(c2ccccc2NC(=O)[C@H]2CCCN2C(=O)OCc2ccccc2)=N1. The lowest BCUT2D eigenvalue weighted by Crippen LogP contribution is -2.43. The van der Waals surface area contributed by atoms with Crippen LogP contribution in [0.25, 0.3) is 0 Å². The van der Waals surface area contributed by atoms with Gasteiger partial charge in [0.05, 0.1) is 17.3 Å². The van der Waals surface area contributed by atoms with Gasteiger partial charge >= 0.3 is 6.09 Å². The maximum atomic E-state index is 13.2. The van der Waals surface area contributed by atoms with Crippen LogP contribution in [0.15, 0.2) is 59.6 Å². The van der Waals surface area contributed by atoms with Crippen molar-refractivity contribution in [3.63, 3.8) is 0 Å². The molecule has 0 radical (unpaired) electrons. The topological polar surface area (TPSA) is 80.2 Å². The zero-order valence-corrected chi connectivity index (χ0v) is 19.4. The minimum atomic E-state index is -0.574. The van der Waals surface area contributed by atoms with Crippen molar-refractivity contribution < 1.29 is 19.1 Å². The number of nitrogens with one attached hydrogen (secondary N) is 1. The third-order valence-corrected chi connectivity index (χ3v) is 6.06. The van der Waals surface area contributed by atoms with Gasteiger partial charge in [-0.2, -0.15) is 0 Å². The van der Waals surface area contributed by atoms with Gasteiger partial charge in [-0.1, -0.05) is 63.2 Å². The summed E-state index contributed by atoms with van der Waals surface area (Å²) in [5, 5.41) is 2.99. The lowest BCUT2D eigenvalue weighted by atomic mass is 9.88. The summed E-state index contributed by atoms with van der Waals surface area (Å²) in [7, 11) is 0. The molecule has 0 saturated carbocycles. The average molecular weight is 450 g/mol. The quantitative estimate of drug-likeness (QED) is 0.722. The molecule has 0 bridgehead atoms. The Kier molecular flexibility index (Phi) is 6.67. The largest absolute Gasteiger partial charge is 0.475 e. The van der Waals surface area contributed by atoms with Gasteiger partial charge in [0, 0.05) is 6.54 Å². The van der Waals surface area contributed by atoms with Gasteiger partial charge in [0.15, 0.2) is 0 Å². The molecule has 2 atom stereocenters. The van der Waals surface area contributed by atoms with Crippen LogP contribution >= 0.6 is 0 Å². The Morgan fingerprint density at radius 2 is 1.85 bits per heavy atom. The predicted molar refractivity (Wildman–Crippen MR) is 127 cm³/mol. The Bertz CT molecular complexity index is 1030. The van der Waals surface area contributed by atoms with E-state index in [1.807, 2.05) is 54.6 Å². The van der Waals surface area contributed by atoms with Crippen molar-refractivity contribution in [1.82, 2.24) is 4.90 Å². The molecule has 0 spiro atoms. The second-order valence-electron chi connectivity index (χ2n) is 9.55. The Hall–Kier alpha value is -3.35. The number of nitrogens with zero attached hydrogens (tertiary/aromatic N) is 2. The molecular formula is C26H31N3O4. The van der Waals surface area contributed by atoms with Crippen LogP contribution in [-0.4, -0.2) is 48.0 Å². The number of carbonyl (C=O) groups excluding carboxylic acids is 2. The highest BCUT2D eigenvalue weighted by atomic mass is 16.6. The highest BCUT2D eigenvalue weighted by Gasteiger charge is 2.36. The van der Waals surface area contributed by atoms with Crippen LogP contribution in [0, 0.1) is 5.41 Å². The number of hydrogen-bond donors (Lipinski definition) is 1. The first-order chi connectivity index (χ1) is 15.8. The Morgan fingerprint density at radius 3 is 2.58 bits per heavy atom. The molecular weight excluding hydrogens is 418 g/mol. The number of anilines is 1. The summed E-state index contributed by atoms with van der Waals surface area (Å²) >= 11 is 0. The van der Waals surface area contributed by atoms with Gasteiger partial charge in [-0.25, -0.2) is 9.79 Å². The molecule has 1 saturated heterocycles. The predicted octanol–water partition coefficient (Wildman–Crippen LogP) is 4.62. The van der Waals surface area contributed by atoms with Crippen LogP contribution in [0.5, 0.6) is 0 Å². The van der Waals surface area contributed by atoms with E-state index in [2.05, 4.69) is 26.1 Å². The number of hydrogen-bond acceptors (Lipinski definition) is 5. The van der Waals surface area contributed by atoms with E-state index in [9.17, 15) is 9.59 Å². The second-order valence-corrected chi connectivity index (χ2v) is 9.55. The third kappa shape index (κ3) is 5.35. The third-order valence-electron chi connectivity index (χ3n) is 6.06. The molecule has 174 valence electrons. The first kappa shape index (κ1) is 22.8. The molecule has 1 N–H and O–H groups in total. The van der Waals surface area contributed by atoms with E-state index >= 15 is 0 Å². The summed E-state index contributed by atoms with van der Waals surface area (Å²) in [4.78, 5) is 32.1. The molecule has 1 fully saturated rings. The molecule has 2 amide bonds. The van der Waals surface area contributed by atoms with Crippen molar-refractivity contribution in [1.29, 1.82) is 0 Å². The van der Waals surface area contributed by atoms with Crippen LogP contribution in [0.4, 0.5) is 10.5 Å². The zero-order valence-electron chi connectivity index (χ0n) is 19.4. The van der Waals surface area contributed by atoms with Crippen LogP contribution in [0.1, 0.15) is 44.7 Å². The highest BCUT2D eigenvalue weighted by molar-refractivity contribution is 6.05. The molecule has 7 heteroatoms. The molecule has 2 aliphatic rings. The van der Waals surface area contributed by atoms with E-state index in [-0.39, 0.29) is 24.0 Å². The molecule has 2 aliphatic heterocycles. The van der Waals surface area contributed by atoms with Gasteiger partial charge < -0.3 is 14.8 Å². The van der Waals surface area contributed by atoms with E-state index < -0.39 is 12.1 Å². The van der Waals surface area contributed by atoms with Crippen molar-refractivity contribution in [2.75, 3.05) is 18.5 Å². The van der Waals surface area contributed by atoms with Gasteiger partial charge in [-0.15, -0.1) is 0 Å². The second kappa shape index (κ2) is 9.65. The zero-order chi connectivity index (χ0) is 23.4. The van der Waals surface area contributed by atoms with Gasteiger partial charge in [0.25, 0.3) is 0 Å². The molecule has 0 aromatic heterocycles. The van der Waals surface area contributed by atoms with Crippen molar-refractivity contribution in [2.24, 2.45) is 10.4 Å². The van der Waals surface area contributed by atoms with Crippen LogP contribution in [0.3, 0.4) is 0 Å². The van der Waals surface area contributed by atoms with E-state index in [1.54, 1.807) is 0 Å². The summed E-state index contributed by atoms with van der Waals surface area (Å²) in [6.07, 6.45) is 0.877.